The molecule has 0 saturated heterocycles. The van der Waals surface area contributed by atoms with Crippen molar-refractivity contribution in [2.24, 2.45) is 0 Å². The molecular weight excluding hydrogens is 250 g/mol. The highest BCUT2D eigenvalue weighted by Crippen LogP contribution is 2.25. The van der Waals surface area contributed by atoms with Crippen LogP contribution < -0.4 is 16.4 Å². The van der Waals surface area contributed by atoms with E-state index in [0.717, 1.165) is 12.1 Å². The summed E-state index contributed by atoms with van der Waals surface area (Å²) in [7, 11) is 0. The lowest BCUT2D eigenvalue weighted by atomic mass is 9.95. The minimum atomic E-state index is -0.0530. The molecule has 0 aliphatic heterocycles. The molecule has 1 aromatic carbocycles. The molecule has 1 saturated carbocycles. The summed E-state index contributed by atoms with van der Waals surface area (Å²) in [6, 6.07) is 6.04. The molecule has 0 unspecified atom stereocenters. The first-order chi connectivity index (χ1) is 9.70. The zero-order valence-corrected chi connectivity index (χ0v) is 12.2. The molecule has 2 rings (SSSR count). The molecule has 0 aromatic heterocycles. The van der Waals surface area contributed by atoms with E-state index in [-0.39, 0.29) is 5.91 Å². The van der Waals surface area contributed by atoms with Crippen LogP contribution in [0.3, 0.4) is 0 Å². The van der Waals surface area contributed by atoms with Crippen LogP contribution in [0.4, 0.5) is 11.4 Å². The highest BCUT2D eigenvalue weighted by Gasteiger charge is 2.14. The quantitative estimate of drug-likeness (QED) is 0.723. The molecule has 1 aromatic rings. The molecule has 0 heterocycles. The van der Waals surface area contributed by atoms with Gasteiger partial charge in [0.15, 0.2) is 0 Å². The molecule has 0 bridgehead atoms. The summed E-state index contributed by atoms with van der Waals surface area (Å²) in [4.78, 5) is 11.9. The van der Waals surface area contributed by atoms with Gasteiger partial charge in [-0.3, -0.25) is 4.79 Å². The summed E-state index contributed by atoms with van der Waals surface area (Å²) in [5.74, 6) is -0.0530. The van der Waals surface area contributed by atoms with Gasteiger partial charge in [-0.1, -0.05) is 26.2 Å². The summed E-state index contributed by atoms with van der Waals surface area (Å²) in [5.41, 5.74) is 8.29. The van der Waals surface area contributed by atoms with Crippen molar-refractivity contribution < 1.29 is 4.79 Å². The van der Waals surface area contributed by atoms with Crippen LogP contribution in [-0.2, 0) is 0 Å². The maximum Gasteiger partial charge on any atom is 0.251 e. The molecule has 1 aliphatic rings. The first kappa shape index (κ1) is 14.7. The molecule has 1 fully saturated rings. The third kappa shape index (κ3) is 3.89. The zero-order chi connectivity index (χ0) is 14.4. The van der Waals surface area contributed by atoms with Gasteiger partial charge < -0.3 is 16.4 Å². The van der Waals surface area contributed by atoms with E-state index in [1.807, 2.05) is 19.1 Å². The number of amides is 1. The van der Waals surface area contributed by atoms with E-state index >= 15 is 0 Å². The summed E-state index contributed by atoms with van der Waals surface area (Å²) >= 11 is 0. The van der Waals surface area contributed by atoms with Crippen molar-refractivity contribution in [3.8, 4) is 0 Å². The second-order valence-corrected chi connectivity index (χ2v) is 5.54. The number of hydrogen-bond acceptors (Lipinski definition) is 3. The Balaban J connectivity index is 1.99. The van der Waals surface area contributed by atoms with E-state index in [9.17, 15) is 4.79 Å². The van der Waals surface area contributed by atoms with Crippen LogP contribution in [0.1, 0.15) is 55.8 Å². The van der Waals surface area contributed by atoms with Crippen LogP contribution in [0.25, 0.3) is 0 Å². The number of hydrogen-bond donors (Lipinski definition) is 3. The van der Waals surface area contributed by atoms with Crippen LogP contribution in [0, 0.1) is 0 Å². The van der Waals surface area contributed by atoms with Crippen molar-refractivity contribution in [2.75, 3.05) is 17.6 Å². The van der Waals surface area contributed by atoms with E-state index < -0.39 is 0 Å². The Hall–Kier alpha value is -1.71. The van der Waals surface area contributed by atoms with Crippen molar-refractivity contribution in [3.63, 3.8) is 0 Å². The molecule has 20 heavy (non-hydrogen) atoms. The molecule has 0 spiro atoms. The van der Waals surface area contributed by atoms with Gasteiger partial charge in [0.2, 0.25) is 0 Å². The predicted molar refractivity (Wildman–Crippen MR) is 84.0 cm³/mol. The average molecular weight is 275 g/mol. The standard InChI is InChI=1S/C16H25N3O/c1-2-10-18-16(20)12-8-9-15(14(17)11-12)19-13-6-4-3-5-7-13/h8-9,11,13,19H,2-7,10,17H2,1H3,(H,18,20). The molecule has 4 heteroatoms. The summed E-state index contributed by atoms with van der Waals surface area (Å²) in [6.07, 6.45) is 7.26. The van der Waals surface area contributed by atoms with Crippen molar-refractivity contribution in [1.29, 1.82) is 0 Å². The Labute approximate surface area is 121 Å². The third-order valence-electron chi connectivity index (χ3n) is 3.81. The number of carbonyl (C=O) groups excluding carboxylic acids is 1. The summed E-state index contributed by atoms with van der Waals surface area (Å²) in [6.45, 7) is 2.73. The molecule has 110 valence electrons. The van der Waals surface area contributed by atoms with Crippen LogP contribution in [0.15, 0.2) is 18.2 Å². The topological polar surface area (TPSA) is 67.2 Å². The number of benzene rings is 1. The Kier molecular flexibility index (Phi) is 5.27. The minimum Gasteiger partial charge on any atom is -0.397 e. The fourth-order valence-electron chi connectivity index (χ4n) is 2.64. The molecular formula is C16H25N3O. The summed E-state index contributed by atoms with van der Waals surface area (Å²) in [5, 5.41) is 6.36. The van der Waals surface area contributed by atoms with Gasteiger partial charge in [0, 0.05) is 18.2 Å². The molecule has 0 atom stereocenters. The number of anilines is 2. The average Bonchev–Trinajstić information content (AvgIpc) is 2.48. The molecule has 4 N–H and O–H groups in total. The maximum atomic E-state index is 11.9. The lowest BCUT2D eigenvalue weighted by Gasteiger charge is -2.24. The van der Waals surface area contributed by atoms with Crippen molar-refractivity contribution in [3.05, 3.63) is 23.8 Å². The van der Waals surface area contributed by atoms with Gasteiger partial charge in [-0.15, -0.1) is 0 Å². The number of carbonyl (C=O) groups is 1. The Bertz CT molecular complexity index is 453. The highest BCUT2D eigenvalue weighted by molar-refractivity contribution is 5.96. The van der Waals surface area contributed by atoms with Crippen LogP contribution in [0.2, 0.25) is 0 Å². The SMILES string of the molecule is CCCNC(=O)c1ccc(NC2CCCCC2)c(N)c1. The Morgan fingerprint density at radius 2 is 2.05 bits per heavy atom. The van der Waals surface area contributed by atoms with Crippen LogP contribution >= 0.6 is 0 Å². The van der Waals surface area contributed by atoms with Gasteiger partial charge in [-0.2, -0.15) is 0 Å². The van der Waals surface area contributed by atoms with Gasteiger partial charge in [0.25, 0.3) is 5.91 Å². The molecule has 4 nitrogen and oxygen atoms in total. The lowest BCUT2D eigenvalue weighted by Crippen LogP contribution is -2.25. The van der Waals surface area contributed by atoms with Crippen molar-refractivity contribution >= 4 is 17.3 Å². The summed E-state index contributed by atoms with van der Waals surface area (Å²) < 4.78 is 0. The van der Waals surface area contributed by atoms with E-state index in [0.29, 0.717) is 23.8 Å². The monoisotopic (exact) mass is 275 g/mol. The Morgan fingerprint density at radius 3 is 2.70 bits per heavy atom. The van der Waals surface area contributed by atoms with E-state index in [1.54, 1.807) is 6.07 Å². The number of nitrogens with two attached hydrogens (primary N) is 1. The second kappa shape index (κ2) is 7.17. The minimum absolute atomic E-state index is 0.0530. The van der Waals surface area contributed by atoms with E-state index in [2.05, 4.69) is 10.6 Å². The lowest BCUT2D eigenvalue weighted by molar-refractivity contribution is 0.0953. The fourth-order valence-corrected chi connectivity index (χ4v) is 2.64. The van der Waals surface area contributed by atoms with Gasteiger partial charge >= 0.3 is 0 Å². The highest BCUT2D eigenvalue weighted by atomic mass is 16.1. The normalized spacial score (nSPS) is 15.8. The number of rotatable bonds is 5. The van der Waals surface area contributed by atoms with Crippen molar-refractivity contribution in [2.45, 2.75) is 51.5 Å². The number of nitrogens with one attached hydrogen (secondary N) is 2. The zero-order valence-electron chi connectivity index (χ0n) is 12.2. The van der Waals surface area contributed by atoms with Gasteiger partial charge in [0.1, 0.15) is 0 Å². The van der Waals surface area contributed by atoms with Gasteiger partial charge in [-0.05, 0) is 37.5 Å². The van der Waals surface area contributed by atoms with Gasteiger partial charge in [-0.25, -0.2) is 0 Å². The first-order valence-electron chi connectivity index (χ1n) is 7.65. The largest absolute Gasteiger partial charge is 0.397 e. The first-order valence-corrected chi connectivity index (χ1v) is 7.65. The van der Waals surface area contributed by atoms with Gasteiger partial charge in [0.05, 0.1) is 11.4 Å². The Morgan fingerprint density at radius 1 is 1.30 bits per heavy atom. The van der Waals surface area contributed by atoms with E-state index in [1.165, 1.54) is 32.1 Å². The molecule has 1 aliphatic carbocycles. The predicted octanol–water partition coefficient (Wildman–Crippen LogP) is 3.15. The van der Waals surface area contributed by atoms with Crippen LogP contribution in [-0.4, -0.2) is 18.5 Å². The van der Waals surface area contributed by atoms with Crippen molar-refractivity contribution in [1.82, 2.24) is 5.32 Å². The fraction of sp³-hybridized carbons (Fsp3) is 0.562. The second-order valence-electron chi connectivity index (χ2n) is 5.54. The van der Waals surface area contributed by atoms with E-state index in [4.69, 9.17) is 5.73 Å². The maximum absolute atomic E-state index is 11.9. The molecule has 1 amide bonds. The smallest absolute Gasteiger partial charge is 0.251 e. The van der Waals surface area contributed by atoms with Crippen LogP contribution in [0.5, 0.6) is 0 Å². The molecule has 0 radical (unpaired) electrons. The number of nitrogen functional groups attached to an aromatic ring is 1. The third-order valence-corrected chi connectivity index (χ3v) is 3.81.